The van der Waals surface area contributed by atoms with Gasteiger partial charge in [-0.3, -0.25) is 4.67 Å². The zero-order chi connectivity index (χ0) is 16.7. The number of likely N-dealkylation sites (N-methyl/N-ethyl adjacent to an activating group) is 1. The van der Waals surface area contributed by atoms with E-state index < -0.39 is 7.70 Å². The third-order valence-electron chi connectivity index (χ3n) is 3.46. The Hall–Kier alpha value is 1.33. The summed E-state index contributed by atoms with van der Waals surface area (Å²) >= 11 is 0. The average Bonchev–Trinajstić information content (AvgIpc) is 2.37. The molecule has 2 aliphatic rings. The number of methoxy groups -OCH3 is 1. The first-order valence-electron chi connectivity index (χ1n) is 7.55. The molecule has 0 amide bonds. The van der Waals surface area contributed by atoms with Crippen LogP contribution in [0.5, 0.6) is 0 Å². The molecule has 9 heteroatoms. The minimum Gasteiger partial charge on any atom is -0.414 e. The predicted molar refractivity (Wildman–Crippen MR) is 96.5 cm³/mol. The average molecular weight is 414 g/mol. The Kier molecular flexibility index (Phi) is 13.4. The van der Waals surface area contributed by atoms with Crippen LogP contribution in [0.15, 0.2) is 0 Å². The zero-order valence-electron chi connectivity index (χ0n) is 14.6. The Morgan fingerprint density at radius 1 is 1.22 bits per heavy atom. The van der Waals surface area contributed by atoms with E-state index >= 15 is 0 Å². The maximum Gasteiger partial charge on any atom is 0.110 e. The number of ether oxygens (including phenoxy) is 3. The summed E-state index contributed by atoms with van der Waals surface area (Å²) in [5.41, 5.74) is 0. The molecule has 5 unspecified atom stereocenters. The largest absolute Gasteiger partial charge is 0.414 e. The van der Waals surface area contributed by atoms with E-state index in [1.54, 1.807) is 7.11 Å². The summed E-state index contributed by atoms with van der Waals surface area (Å²) in [4.78, 5) is 2.12. The van der Waals surface area contributed by atoms with Gasteiger partial charge < -0.3 is 26.0 Å². The summed E-state index contributed by atoms with van der Waals surface area (Å²) < 4.78 is 18.0. The third kappa shape index (κ3) is 10.2. The second kappa shape index (κ2) is 12.6. The first-order valence-corrected chi connectivity index (χ1v) is 9.70. The Morgan fingerprint density at radius 2 is 1.83 bits per heavy atom. The molecule has 5 nitrogen and oxygen atoms in total. The summed E-state index contributed by atoms with van der Waals surface area (Å²) in [5, 5.41) is 0. The molecule has 0 aliphatic carbocycles. The van der Waals surface area contributed by atoms with E-state index in [1.165, 1.54) is 0 Å². The summed E-state index contributed by atoms with van der Waals surface area (Å²) in [6, 6.07) is -0.332. The minimum absolute atomic E-state index is 0. The van der Waals surface area contributed by atoms with Crippen LogP contribution in [-0.2, 0) is 46.9 Å². The fourth-order valence-corrected chi connectivity index (χ4v) is 3.53. The van der Waals surface area contributed by atoms with Crippen molar-refractivity contribution in [3.8, 4) is 0 Å². The maximum absolute atomic E-state index is 5.75. The molecule has 2 heterocycles. The van der Waals surface area contributed by atoms with Gasteiger partial charge >= 0.3 is 0 Å². The SMILES string of the molecule is [B]C1CN(C)CC([CH2-])O1.[B]C1CN([PH](=C)C)CC(COC)O1.[Y]. The van der Waals surface area contributed by atoms with Crippen molar-refractivity contribution in [3.05, 3.63) is 6.92 Å². The van der Waals surface area contributed by atoms with Crippen LogP contribution in [0.1, 0.15) is 0 Å². The Labute approximate surface area is 170 Å². The molecule has 2 saturated heterocycles. The van der Waals surface area contributed by atoms with Gasteiger partial charge in [0.15, 0.2) is 0 Å². The van der Waals surface area contributed by atoms with E-state index in [1.807, 2.05) is 7.05 Å². The molecule has 0 aromatic heterocycles. The van der Waals surface area contributed by atoms with Crippen LogP contribution in [0.25, 0.3) is 0 Å². The Balaban J connectivity index is 0.000000427. The standard InChI is InChI=1S/C8H17BNO2P.C6H11BNO.Y/c1-11-6-7-4-10(13(2)3)5-8(9)12-7;1-5-3-8(2)4-6(7)9-5;/h7-8,13H,2,4-6H2,1,3H3;5-6H,1,3-4H2,2H3;/q;-1;. The van der Waals surface area contributed by atoms with E-state index in [0.29, 0.717) is 6.61 Å². The number of hydrogen-bond donors (Lipinski definition) is 0. The molecule has 5 radical (unpaired) electrons. The fourth-order valence-electron chi connectivity index (χ4n) is 2.52. The van der Waals surface area contributed by atoms with Crippen molar-refractivity contribution in [3.63, 3.8) is 0 Å². The smallest absolute Gasteiger partial charge is 0.110 e. The molecular formula is C14H28B2N2O3PY-. The van der Waals surface area contributed by atoms with Gasteiger partial charge in [0, 0.05) is 71.5 Å². The molecule has 0 bridgehead atoms. The topological polar surface area (TPSA) is 34.2 Å². The van der Waals surface area contributed by atoms with Crippen LogP contribution in [0, 0.1) is 6.92 Å². The van der Waals surface area contributed by atoms with Gasteiger partial charge in [-0.1, -0.05) is 20.1 Å². The quantitative estimate of drug-likeness (QED) is 0.359. The zero-order valence-corrected chi connectivity index (χ0v) is 18.4. The third-order valence-corrected chi connectivity index (χ3v) is 4.90. The molecule has 2 fully saturated rings. The van der Waals surface area contributed by atoms with Crippen LogP contribution in [0.3, 0.4) is 0 Å². The van der Waals surface area contributed by atoms with Gasteiger partial charge in [-0.15, -0.1) is 0 Å². The van der Waals surface area contributed by atoms with E-state index in [2.05, 4.69) is 29.5 Å². The number of nitrogens with zero attached hydrogens (tertiary/aromatic N) is 2. The van der Waals surface area contributed by atoms with E-state index in [-0.39, 0.29) is 56.9 Å². The van der Waals surface area contributed by atoms with Gasteiger partial charge in [0.05, 0.1) is 12.7 Å². The summed E-state index contributed by atoms with van der Waals surface area (Å²) in [5.74, 6) is 0. The van der Waals surface area contributed by atoms with Crippen LogP contribution >= 0.6 is 7.70 Å². The number of morpholine rings is 2. The normalized spacial score (nSPS) is 33.9. The molecule has 5 atom stereocenters. The molecule has 0 aromatic carbocycles. The monoisotopic (exact) mass is 414 g/mol. The van der Waals surface area contributed by atoms with Gasteiger partial charge in [0.1, 0.15) is 15.7 Å². The maximum atomic E-state index is 5.75. The minimum atomic E-state index is -0.650. The van der Waals surface area contributed by atoms with Crippen molar-refractivity contribution in [2.24, 2.45) is 0 Å². The molecule has 2 rings (SSSR count). The molecule has 0 saturated carbocycles. The summed E-state index contributed by atoms with van der Waals surface area (Å²) in [6.45, 7) is 9.92. The van der Waals surface area contributed by atoms with Crippen LogP contribution in [-0.4, -0.2) is 109 Å². The summed E-state index contributed by atoms with van der Waals surface area (Å²) in [6.07, 6.45) is 4.21. The van der Waals surface area contributed by atoms with Gasteiger partial charge in [-0.05, 0) is 20.3 Å². The molecule has 0 aromatic rings. The van der Waals surface area contributed by atoms with Crippen molar-refractivity contribution >= 4 is 29.7 Å². The molecule has 2 aliphatic heterocycles. The van der Waals surface area contributed by atoms with E-state index in [0.717, 1.165) is 26.2 Å². The van der Waals surface area contributed by atoms with Crippen molar-refractivity contribution < 1.29 is 46.9 Å². The fraction of sp³-hybridized carbons (Fsp3) is 0.857. The number of rotatable bonds is 3. The second-order valence-electron chi connectivity index (χ2n) is 5.91. The van der Waals surface area contributed by atoms with Crippen molar-refractivity contribution in [1.82, 2.24) is 9.57 Å². The van der Waals surface area contributed by atoms with E-state index in [9.17, 15) is 0 Å². The molecule has 0 N–H and O–H groups in total. The first kappa shape index (κ1) is 24.3. The predicted octanol–water partition coefficient (Wildman–Crippen LogP) is -0.338. The van der Waals surface area contributed by atoms with Crippen molar-refractivity contribution in [2.75, 3.05) is 53.6 Å². The number of hydrogen-bond acceptors (Lipinski definition) is 5. The first-order chi connectivity index (χ1) is 10.3. The molecule has 127 valence electrons. The van der Waals surface area contributed by atoms with Crippen LogP contribution in [0.4, 0.5) is 0 Å². The van der Waals surface area contributed by atoms with E-state index in [4.69, 9.17) is 29.9 Å². The molecular weight excluding hydrogens is 386 g/mol. The second-order valence-corrected chi connectivity index (χ2v) is 8.01. The Bertz CT molecular complexity index is 333. The van der Waals surface area contributed by atoms with Gasteiger partial charge in [0.25, 0.3) is 0 Å². The Morgan fingerprint density at radius 3 is 2.30 bits per heavy atom. The van der Waals surface area contributed by atoms with Gasteiger partial charge in [-0.2, -0.15) is 0 Å². The van der Waals surface area contributed by atoms with Gasteiger partial charge in [0.2, 0.25) is 0 Å². The van der Waals surface area contributed by atoms with Crippen molar-refractivity contribution in [1.29, 1.82) is 0 Å². The van der Waals surface area contributed by atoms with Crippen LogP contribution < -0.4 is 0 Å². The van der Waals surface area contributed by atoms with Gasteiger partial charge in [-0.25, -0.2) is 0 Å². The summed E-state index contributed by atoms with van der Waals surface area (Å²) in [7, 11) is 14.3. The molecule has 0 spiro atoms. The molecule has 23 heavy (non-hydrogen) atoms. The van der Waals surface area contributed by atoms with Crippen LogP contribution in [0.2, 0.25) is 0 Å². The van der Waals surface area contributed by atoms with Crippen molar-refractivity contribution in [2.45, 2.75) is 24.2 Å².